The number of carbonyl (C=O) groups is 2. The second-order valence-electron chi connectivity index (χ2n) is 5.26. The van der Waals surface area contributed by atoms with Crippen LogP contribution in [0.5, 0.6) is 0 Å². The van der Waals surface area contributed by atoms with Crippen LogP contribution in [0.2, 0.25) is 0 Å². The van der Waals surface area contributed by atoms with Gasteiger partial charge in [-0.25, -0.2) is 4.79 Å². The van der Waals surface area contributed by atoms with Gasteiger partial charge in [-0.15, -0.1) is 0 Å². The lowest BCUT2D eigenvalue weighted by atomic mass is 10.0. The lowest BCUT2D eigenvalue weighted by Gasteiger charge is -2.28. The number of halogens is 1. The smallest absolute Gasteiger partial charge is 0.409 e. The topological polar surface area (TPSA) is 46.6 Å². The molecule has 0 unspecified atom stereocenters. The molecule has 4 nitrogen and oxygen atoms in total. The maximum atomic E-state index is 12.0. The van der Waals surface area contributed by atoms with Gasteiger partial charge in [0.2, 0.25) is 0 Å². The number of carbonyl (C=O) groups excluding carboxylic acids is 2. The molecule has 0 aliphatic rings. The number of ketones is 1. The molecule has 1 atom stereocenters. The molecule has 0 spiro atoms. The number of hydrogen-bond acceptors (Lipinski definition) is 3. The second kappa shape index (κ2) is 8.17. The Balaban J connectivity index is 2.84. The number of benzene rings is 1. The zero-order chi connectivity index (χ0) is 16.0. The van der Waals surface area contributed by atoms with Crippen molar-refractivity contribution in [2.24, 2.45) is 5.92 Å². The van der Waals surface area contributed by atoms with E-state index in [9.17, 15) is 9.59 Å². The summed E-state index contributed by atoms with van der Waals surface area (Å²) in [6.07, 6.45) is -0.0739. The van der Waals surface area contributed by atoms with Crippen molar-refractivity contribution in [1.29, 1.82) is 0 Å². The third kappa shape index (κ3) is 5.16. The normalized spacial score (nSPS) is 12.1. The van der Waals surface area contributed by atoms with Crippen LogP contribution in [0, 0.1) is 5.92 Å². The van der Waals surface area contributed by atoms with E-state index in [1.54, 1.807) is 4.90 Å². The highest BCUT2D eigenvalue weighted by Crippen LogP contribution is 2.23. The lowest BCUT2D eigenvalue weighted by molar-refractivity contribution is -0.122. The van der Waals surface area contributed by atoms with Gasteiger partial charge in [0, 0.05) is 23.4 Å². The monoisotopic (exact) mass is 355 g/mol. The summed E-state index contributed by atoms with van der Waals surface area (Å²) in [5.74, 6) is 0.124. The van der Waals surface area contributed by atoms with Crippen LogP contribution in [0.1, 0.15) is 38.8 Å². The van der Waals surface area contributed by atoms with Gasteiger partial charge >= 0.3 is 6.09 Å². The van der Waals surface area contributed by atoms with Crippen molar-refractivity contribution >= 4 is 27.8 Å². The van der Waals surface area contributed by atoms with Crippen molar-refractivity contribution in [3.8, 4) is 0 Å². The third-order valence-corrected chi connectivity index (χ3v) is 4.00. The van der Waals surface area contributed by atoms with E-state index < -0.39 is 6.09 Å². The highest BCUT2D eigenvalue weighted by molar-refractivity contribution is 9.10. The fraction of sp³-hybridized carbons (Fsp3) is 0.500. The number of Topliss-reactive ketones (excluding diaryl/α,β-unsaturated/α-hetero) is 1. The van der Waals surface area contributed by atoms with Crippen LogP contribution in [0.25, 0.3) is 0 Å². The summed E-state index contributed by atoms with van der Waals surface area (Å²) in [6, 6.07) is 7.62. The van der Waals surface area contributed by atoms with E-state index in [2.05, 4.69) is 15.9 Å². The number of amides is 1. The van der Waals surface area contributed by atoms with Gasteiger partial charge in [0.25, 0.3) is 0 Å². The molecule has 0 heterocycles. The van der Waals surface area contributed by atoms with Gasteiger partial charge in [0.15, 0.2) is 0 Å². The minimum absolute atomic E-state index is 0.0208. The highest BCUT2D eigenvalue weighted by atomic mass is 79.9. The average molecular weight is 356 g/mol. The van der Waals surface area contributed by atoms with E-state index in [0.29, 0.717) is 13.0 Å². The predicted molar refractivity (Wildman–Crippen MR) is 86.1 cm³/mol. The van der Waals surface area contributed by atoms with E-state index in [0.717, 1.165) is 10.0 Å². The van der Waals surface area contributed by atoms with Gasteiger partial charge in [-0.1, -0.05) is 41.9 Å². The number of ether oxygens (including phenoxy) is 1. The summed E-state index contributed by atoms with van der Waals surface area (Å²) in [5.41, 5.74) is 1.00. The van der Waals surface area contributed by atoms with Gasteiger partial charge < -0.3 is 9.64 Å². The minimum Gasteiger partial charge on any atom is -0.453 e. The van der Waals surface area contributed by atoms with E-state index in [4.69, 9.17) is 4.74 Å². The SMILES string of the molecule is COC(=O)N(CCC(=O)C(C)C)[C@@H](C)c1ccc(Br)cc1. The van der Waals surface area contributed by atoms with Crippen LogP contribution < -0.4 is 0 Å². The molecule has 0 aliphatic heterocycles. The van der Waals surface area contributed by atoms with Crippen molar-refractivity contribution < 1.29 is 14.3 Å². The summed E-state index contributed by atoms with van der Waals surface area (Å²) in [5, 5.41) is 0. The van der Waals surface area contributed by atoms with Crippen LogP contribution >= 0.6 is 15.9 Å². The Morgan fingerprint density at radius 3 is 2.24 bits per heavy atom. The molecule has 1 aromatic rings. The molecule has 5 heteroatoms. The fourth-order valence-electron chi connectivity index (χ4n) is 2.00. The van der Waals surface area contributed by atoms with Crippen LogP contribution in [0.4, 0.5) is 4.79 Å². The molecule has 1 aromatic carbocycles. The van der Waals surface area contributed by atoms with Crippen molar-refractivity contribution in [2.45, 2.75) is 33.2 Å². The standard InChI is InChI=1S/C16H22BrNO3/c1-11(2)15(19)9-10-18(16(20)21-4)12(3)13-5-7-14(17)8-6-13/h5-8,11-12H,9-10H2,1-4H3/t12-/m0/s1. The highest BCUT2D eigenvalue weighted by Gasteiger charge is 2.23. The molecule has 1 amide bonds. The molecule has 0 saturated heterocycles. The second-order valence-corrected chi connectivity index (χ2v) is 6.18. The molecule has 0 N–H and O–H groups in total. The van der Waals surface area contributed by atoms with Gasteiger partial charge in [-0.05, 0) is 24.6 Å². The largest absolute Gasteiger partial charge is 0.453 e. The molecular formula is C16H22BrNO3. The van der Waals surface area contributed by atoms with Crippen molar-refractivity contribution in [3.63, 3.8) is 0 Å². The van der Waals surface area contributed by atoms with E-state index in [1.807, 2.05) is 45.0 Å². The molecule has 0 radical (unpaired) electrons. The van der Waals surface area contributed by atoms with Gasteiger partial charge in [-0.2, -0.15) is 0 Å². The van der Waals surface area contributed by atoms with Gasteiger partial charge in [0.05, 0.1) is 13.2 Å². The van der Waals surface area contributed by atoms with Crippen molar-refractivity contribution in [3.05, 3.63) is 34.3 Å². The molecule has 0 saturated carbocycles. The fourth-order valence-corrected chi connectivity index (χ4v) is 2.27. The first-order valence-corrected chi connectivity index (χ1v) is 7.78. The summed E-state index contributed by atoms with van der Waals surface area (Å²) >= 11 is 3.39. The van der Waals surface area contributed by atoms with Gasteiger partial charge in [0.1, 0.15) is 5.78 Å². The van der Waals surface area contributed by atoms with E-state index in [1.165, 1.54) is 7.11 Å². The maximum absolute atomic E-state index is 12.0. The Hall–Kier alpha value is -1.36. The molecule has 116 valence electrons. The predicted octanol–water partition coefficient (Wildman–Crippen LogP) is 4.19. The number of methoxy groups -OCH3 is 1. The van der Waals surface area contributed by atoms with Gasteiger partial charge in [-0.3, -0.25) is 4.79 Å². The summed E-state index contributed by atoms with van der Waals surface area (Å²) < 4.78 is 5.82. The Labute approximate surface area is 134 Å². The summed E-state index contributed by atoms with van der Waals surface area (Å²) in [6.45, 7) is 6.02. The quantitative estimate of drug-likeness (QED) is 0.768. The molecule has 0 fully saturated rings. The Morgan fingerprint density at radius 1 is 1.19 bits per heavy atom. The minimum atomic E-state index is -0.415. The zero-order valence-corrected chi connectivity index (χ0v) is 14.5. The number of hydrogen-bond donors (Lipinski definition) is 0. The van der Waals surface area contributed by atoms with E-state index in [-0.39, 0.29) is 17.7 Å². The van der Waals surface area contributed by atoms with Crippen LogP contribution in [0.15, 0.2) is 28.7 Å². The molecule has 0 bridgehead atoms. The summed E-state index contributed by atoms with van der Waals surface area (Å²) in [4.78, 5) is 25.3. The molecule has 0 aliphatic carbocycles. The van der Waals surface area contributed by atoms with Crippen molar-refractivity contribution in [2.75, 3.05) is 13.7 Å². The number of rotatable bonds is 6. The molecular weight excluding hydrogens is 334 g/mol. The zero-order valence-electron chi connectivity index (χ0n) is 12.9. The van der Waals surface area contributed by atoms with Crippen molar-refractivity contribution in [1.82, 2.24) is 4.90 Å². The first kappa shape index (κ1) is 17.7. The Morgan fingerprint density at radius 2 is 1.76 bits per heavy atom. The Bertz CT molecular complexity index is 485. The van der Waals surface area contributed by atoms with Crippen LogP contribution in [0.3, 0.4) is 0 Å². The van der Waals surface area contributed by atoms with E-state index >= 15 is 0 Å². The molecule has 1 rings (SSSR count). The first-order valence-electron chi connectivity index (χ1n) is 6.99. The third-order valence-electron chi connectivity index (χ3n) is 3.47. The number of nitrogens with zero attached hydrogens (tertiary/aromatic N) is 1. The van der Waals surface area contributed by atoms with Crippen LogP contribution in [-0.2, 0) is 9.53 Å². The van der Waals surface area contributed by atoms with Crippen LogP contribution in [-0.4, -0.2) is 30.4 Å². The lowest BCUT2D eigenvalue weighted by Crippen LogP contribution is -2.35. The summed E-state index contributed by atoms with van der Waals surface area (Å²) in [7, 11) is 1.36. The Kier molecular flexibility index (Phi) is 6.89. The first-order chi connectivity index (χ1) is 9.86. The maximum Gasteiger partial charge on any atom is 0.409 e. The average Bonchev–Trinajstić information content (AvgIpc) is 2.47. The molecule has 0 aromatic heterocycles. The molecule has 21 heavy (non-hydrogen) atoms.